The maximum Gasteiger partial charge on any atom is 0.0765 e. The molecule has 186 valence electrons. The predicted molar refractivity (Wildman–Crippen MR) is 136 cm³/mol. The van der Waals surface area contributed by atoms with Gasteiger partial charge in [0.1, 0.15) is 0 Å². The van der Waals surface area contributed by atoms with Crippen LogP contribution in [0.1, 0.15) is 91.9 Å². The molecular formula is C30H50N2O. The van der Waals surface area contributed by atoms with Gasteiger partial charge in [-0.15, -0.1) is 0 Å². The van der Waals surface area contributed by atoms with Gasteiger partial charge in [-0.2, -0.15) is 0 Å². The molecule has 3 heteroatoms. The minimum absolute atomic E-state index is 0.0915. The van der Waals surface area contributed by atoms with E-state index in [1.54, 1.807) is 5.57 Å². The van der Waals surface area contributed by atoms with Crippen LogP contribution in [0.3, 0.4) is 0 Å². The maximum atomic E-state index is 7.07. The Morgan fingerprint density at radius 3 is 2.64 bits per heavy atom. The molecule has 2 heterocycles. The molecule has 0 bridgehead atoms. The van der Waals surface area contributed by atoms with Crippen molar-refractivity contribution in [2.75, 3.05) is 20.6 Å². The Bertz CT molecular complexity index is 805. The first kappa shape index (κ1) is 23.0. The molecule has 1 unspecified atom stereocenters. The Balaban J connectivity index is 1.25. The van der Waals surface area contributed by atoms with Crippen LogP contribution >= 0.6 is 0 Å². The minimum Gasteiger partial charge on any atom is -0.369 e. The highest BCUT2D eigenvalue weighted by atomic mass is 16.5. The molecule has 11 atom stereocenters. The van der Waals surface area contributed by atoms with Crippen LogP contribution < -0.4 is 5.32 Å². The molecule has 33 heavy (non-hydrogen) atoms. The Morgan fingerprint density at radius 2 is 1.85 bits per heavy atom. The SMILES string of the molecule is CC1=C2C[C@H]3[C@@H](CC[C@@H]4C[C@H](N(C)C)CC[C@@]43C)[C@@H]2CC[C@@]2(C1)O[C@@H]1C[C@H](C)CNC1[C@H]2C. The molecule has 6 aliphatic rings. The normalized spacial score (nSPS) is 54.1. The number of piperidine rings is 1. The van der Waals surface area contributed by atoms with Gasteiger partial charge in [0.05, 0.1) is 11.7 Å². The van der Waals surface area contributed by atoms with E-state index in [4.69, 9.17) is 4.74 Å². The molecule has 2 saturated heterocycles. The maximum absolute atomic E-state index is 7.07. The predicted octanol–water partition coefficient (Wildman–Crippen LogP) is 6.04. The fourth-order valence-electron chi connectivity index (χ4n) is 10.3. The van der Waals surface area contributed by atoms with Crippen molar-refractivity contribution in [2.45, 2.75) is 116 Å². The zero-order chi connectivity index (χ0) is 23.1. The number of nitrogens with one attached hydrogen (secondary N) is 1. The first-order chi connectivity index (χ1) is 15.7. The van der Waals surface area contributed by atoms with E-state index in [0.717, 1.165) is 35.6 Å². The van der Waals surface area contributed by atoms with Crippen molar-refractivity contribution in [3.63, 3.8) is 0 Å². The van der Waals surface area contributed by atoms with Crippen molar-refractivity contribution in [2.24, 2.45) is 40.9 Å². The molecule has 0 amide bonds. The van der Waals surface area contributed by atoms with Gasteiger partial charge in [-0.3, -0.25) is 0 Å². The zero-order valence-corrected chi connectivity index (χ0v) is 22.3. The minimum atomic E-state index is 0.0915. The van der Waals surface area contributed by atoms with Crippen molar-refractivity contribution in [1.82, 2.24) is 10.2 Å². The van der Waals surface area contributed by atoms with E-state index in [9.17, 15) is 0 Å². The van der Waals surface area contributed by atoms with E-state index in [1.807, 2.05) is 5.57 Å². The van der Waals surface area contributed by atoms with Gasteiger partial charge in [0.15, 0.2) is 0 Å². The van der Waals surface area contributed by atoms with Crippen molar-refractivity contribution >= 4 is 0 Å². The van der Waals surface area contributed by atoms with Crippen LogP contribution in [0.5, 0.6) is 0 Å². The summed E-state index contributed by atoms with van der Waals surface area (Å²) in [6.45, 7) is 11.3. The smallest absolute Gasteiger partial charge is 0.0765 e. The molecule has 2 aliphatic heterocycles. The van der Waals surface area contributed by atoms with Crippen molar-refractivity contribution in [3.8, 4) is 0 Å². The van der Waals surface area contributed by atoms with Crippen LogP contribution in [-0.2, 0) is 4.74 Å². The average Bonchev–Trinajstić information content (AvgIpc) is 3.23. The van der Waals surface area contributed by atoms with Crippen LogP contribution in [-0.4, -0.2) is 49.3 Å². The molecule has 1 N–H and O–H groups in total. The Kier molecular flexibility index (Phi) is 5.63. The van der Waals surface area contributed by atoms with Crippen LogP contribution in [0.2, 0.25) is 0 Å². The topological polar surface area (TPSA) is 24.5 Å². The quantitative estimate of drug-likeness (QED) is 0.489. The van der Waals surface area contributed by atoms with Crippen molar-refractivity contribution in [3.05, 3.63) is 11.1 Å². The summed E-state index contributed by atoms with van der Waals surface area (Å²) in [6.07, 6.45) is 14.2. The lowest BCUT2D eigenvalue weighted by atomic mass is 9.52. The molecule has 3 nitrogen and oxygen atoms in total. The van der Waals surface area contributed by atoms with E-state index >= 15 is 0 Å². The summed E-state index contributed by atoms with van der Waals surface area (Å²) < 4.78 is 7.07. The largest absolute Gasteiger partial charge is 0.369 e. The molecule has 4 aliphatic carbocycles. The van der Waals surface area contributed by atoms with Gasteiger partial charge < -0.3 is 15.0 Å². The summed E-state index contributed by atoms with van der Waals surface area (Å²) in [5.74, 6) is 5.06. The van der Waals surface area contributed by atoms with Crippen LogP contribution in [0.4, 0.5) is 0 Å². The molecule has 3 saturated carbocycles. The van der Waals surface area contributed by atoms with E-state index in [2.05, 4.69) is 52.0 Å². The lowest BCUT2D eigenvalue weighted by molar-refractivity contribution is -0.0758. The lowest BCUT2D eigenvalue weighted by Crippen LogP contribution is -2.49. The number of ether oxygens (including phenoxy) is 1. The number of allylic oxidation sites excluding steroid dienone is 1. The monoisotopic (exact) mass is 454 g/mol. The molecule has 6 rings (SSSR count). The highest BCUT2D eigenvalue weighted by Crippen LogP contribution is 2.65. The number of nitrogens with zero attached hydrogens (tertiary/aromatic N) is 1. The second-order valence-electron chi connectivity index (χ2n) is 14.1. The van der Waals surface area contributed by atoms with Crippen LogP contribution in [0.25, 0.3) is 0 Å². The Hall–Kier alpha value is -0.380. The summed E-state index contributed by atoms with van der Waals surface area (Å²) in [6, 6.07) is 1.39. The standard InChI is InChI=1S/C30H50N2O/c1-18-13-27-28(31-17-18)20(3)30(33-27)12-10-23-24-8-7-21-14-22(32(5)6)9-11-29(21,4)26(24)15-25(23)19(2)16-30/h18,20-24,26-28,31H,7-17H2,1-6H3/t18-,20+,21+,22+,23-,24-,26-,27+,28?,29-,30-/m0/s1. The molecule has 0 radical (unpaired) electrons. The van der Waals surface area contributed by atoms with Gasteiger partial charge in [0, 0.05) is 18.0 Å². The number of fused-ring (bicyclic) bond motifs is 6. The first-order valence-corrected chi connectivity index (χ1v) is 14.5. The van der Waals surface area contributed by atoms with Crippen molar-refractivity contribution in [1.29, 1.82) is 0 Å². The number of hydrogen-bond donors (Lipinski definition) is 1. The summed E-state index contributed by atoms with van der Waals surface area (Å²) >= 11 is 0. The van der Waals surface area contributed by atoms with Gasteiger partial charge in [-0.25, -0.2) is 0 Å². The highest BCUT2D eigenvalue weighted by molar-refractivity contribution is 5.29. The third-order valence-corrected chi connectivity index (χ3v) is 12.3. The van der Waals surface area contributed by atoms with Crippen LogP contribution in [0.15, 0.2) is 11.1 Å². The molecular weight excluding hydrogens is 404 g/mol. The Morgan fingerprint density at radius 1 is 1.03 bits per heavy atom. The first-order valence-electron chi connectivity index (χ1n) is 14.5. The molecule has 0 aromatic rings. The fourth-order valence-corrected chi connectivity index (χ4v) is 10.3. The summed E-state index contributed by atoms with van der Waals surface area (Å²) in [4.78, 5) is 2.51. The molecule has 1 spiro atoms. The average molecular weight is 455 g/mol. The number of hydrogen-bond acceptors (Lipinski definition) is 3. The van der Waals surface area contributed by atoms with Gasteiger partial charge in [0.25, 0.3) is 0 Å². The van der Waals surface area contributed by atoms with E-state index < -0.39 is 0 Å². The molecule has 0 aromatic carbocycles. The third-order valence-electron chi connectivity index (χ3n) is 12.3. The zero-order valence-electron chi connectivity index (χ0n) is 22.3. The van der Waals surface area contributed by atoms with E-state index in [-0.39, 0.29) is 5.60 Å². The van der Waals surface area contributed by atoms with Gasteiger partial charge in [-0.05, 0) is 127 Å². The Labute approximate surface area is 203 Å². The molecule has 5 fully saturated rings. The van der Waals surface area contributed by atoms with Crippen molar-refractivity contribution < 1.29 is 4.74 Å². The van der Waals surface area contributed by atoms with Gasteiger partial charge in [-0.1, -0.05) is 31.9 Å². The van der Waals surface area contributed by atoms with Gasteiger partial charge in [0.2, 0.25) is 0 Å². The fraction of sp³-hybridized carbons (Fsp3) is 0.933. The second kappa shape index (κ2) is 8.07. The molecule has 0 aromatic heterocycles. The number of rotatable bonds is 1. The summed E-state index contributed by atoms with van der Waals surface area (Å²) in [5.41, 5.74) is 4.30. The van der Waals surface area contributed by atoms with E-state index in [1.165, 1.54) is 70.8 Å². The summed E-state index contributed by atoms with van der Waals surface area (Å²) in [7, 11) is 4.60. The second-order valence-corrected chi connectivity index (χ2v) is 14.1. The summed E-state index contributed by atoms with van der Waals surface area (Å²) in [5, 5.41) is 3.89. The lowest BCUT2D eigenvalue weighted by Gasteiger charge is -2.55. The highest BCUT2D eigenvalue weighted by Gasteiger charge is 2.59. The van der Waals surface area contributed by atoms with Gasteiger partial charge >= 0.3 is 0 Å². The van der Waals surface area contributed by atoms with Crippen LogP contribution in [0, 0.1) is 40.9 Å². The third kappa shape index (κ3) is 3.45. The van der Waals surface area contributed by atoms with E-state index in [0.29, 0.717) is 23.5 Å².